The van der Waals surface area contributed by atoms with E-state index in [2.05, 4.69) is 29.1 Å². The number of carbonyl (C=O) groups excluding carboxylic acids is 3. The highest BCUT2D eigenvalue weighted by atomic mass is 79.9. The van der Waals surface area contributed by atoms with Crippen molar-refractivity contribution in [3.8, 4) is 0 Å². The zero-order chi connectivity index (χ0) is 29.9. The summed E-state index contributed by atoms with van der Waals surface area (Å²) in [5.74, 6) is -1.27. The van der Waals surface area contributed by atoms with Gasteiger partial charge >= 0.3 is 0 Å². The van der Waals surface area contributed by atoms with Crippen molar-refractivity contribution in [2.24, 2.45) is 11.8 Å². The molecule has 3 unspecified atom stereocenters. The topological polar surface area (TPSA) is 81.2 Å². The number of fused-ring (bicyclic) bond motifs is 1. The van der Waals surface area contributed by atoms with Gasteiger partial charge in [0.15, 0.2) is 0 Å². The number of hydrogen-bond acceptors (Lipinski definition) is 5. The molecule has 1 aromatic rings. The van der Waals surface area contributed by atoms with Crippen molar-refractivity contribution in [2.75, 3.05) is 37.7 Å². The Hall–Kier alpha value is -2.10. The second kappa shape index (κ2) is 13.5. The maximum absolute atomic E-state index is 14.8. The molecule has 4 rings (SSSR count). The van der Waals surface area contributed by atoms with Gasteiger partial charge in [0.25, 0.3) is 5.91 Å². The van der Waals surface area contributed by atoms with Crippen LogP contribution < -0.4 is 4.90 Å². The van der Waals surface area contributed by atoms with Crippen molar-refractivity contribution < 1.29 is 19.5 Å². The Morgan fingerprint density at radius 3 is 2.44 bits per heavy atom. The van der Waals surface area contributed by atoms with Gasteiger partial charge < -0.3 is 19.8 Å². The van der Waals surface area contributed by atoms with Crippen LogP contribution in [0.2, 0.25) is 0 Å². The van der Waals surface area contributed by atoms with Gasteiger partial charge in [0, 0.05) is 48.6 Å². The van der Waals surface area contributed by atoms with Crippen molar-refractivity contribution in [3.63, 3.8) is 0 Å². The van der Waals surface area contributed by atoms with Crippen LogP contribution in [0.25, 0.3) is 0 Å². The number of aliphatic hydroxyl groups is 1. The van der Waals surface area contributed by atoms with Crippen LogP contribution in [-0.4, -0.2) is 86.3 Å². The average Bonchev–Trinajstić information content (AvgIpc) is 3.53. The number of aliphatic hydroxyl groups excluding tert-OH is 1. The Bertz CT molecular complexity index is 1160. The first-order valence-electron chi connectivity index (χ1n) is 14.8. The average molecular weight is 647 g/mol. The quantitative estimate of drug-likeness (QED) is 0.177. The van der Waals surface area contributed by atoms with Crippen LogP contribution in [0.3, 0.4) is 0 Å². The number of para-hydroxylation sites is 1. The molecule has 0 saturated carbocycles. The number of halogens is 1. The maximum Gasteiger partial charge on any atom is 0.251 e. The second-order valence-corrected chi connectivity index (χ2v) is 14.2. The largest absolute Gasteiger partial charge is 0.396 e. The fourth-order valence-electron chi connectivity index (χ4n) is 7.23. The summed E-state index contributed by atoms with van der Waals surface area (Å²) in [6, 6.07) is 5.29. The van der Waals surface area contributed by atoms with E-state index in [9.17, 15) is 19.5 Å². The number of benzene rings is 1. The van der Waals surface area contributed by atoms with Gasteiger partial charge in [0.2, 0.25) is 11.8 Å². The number of likely N-dealkylation sites (tertiary alicyclic amines) is 1. The van der Waals surface area contributed by atoms with Gasteiger partial charge in [-0.05, 0) is 57.1 Å². The van der Waals surface area contributed by atoms with Gasteiger partial charge in [0.1, 0.15) is 6.04 Å². The van der Waals surface area contributed by atoms with Gasteiger partial charge in [-0.1, -0.05) is 53.2 Å². The summed E-state index contributed by atoms with van der Waals surface area (Å²) in [5.41, 5.74) is 2.83. The van der Waals surface area contributed by atoms with Crippen molar-refractivity contribution in [1.29, 1.82) is 0 Å². The van der Waals surface area contributed by atoms with Crippen molar-refractivity contribution in [2.45, 2.75) is 73.7 Å². The molecule has 3 aliphatic rings. The number of thioether (sulfide) groups is 1. The number of unbranched alkanes of at least 4 members (excludes halogenated alkanes) is 2. The van der Waals surface area contributed by atoms with Gasteiger partial charge in [-0.25, -0.2) is 0 Å². The number of hydrogen-bond donors (Lipinski definition) is 1. The predicted octanol–water partition coefficient (Wildman–Crippen LogP) is 4.87. The Kier molecular flexibility index (Phi) is 10.5. The summed E-state index contributed by atoms with van der Waals surface area (Å²) in [4.78, 5) is 48.8. The fraction of sp³-hybridized carbons (Fsp3) is 0.594. The molecule has 1 spiro atoms. The molecule has 0 aromatic heterocycles. The molecule has 9 heteroatoms. The summed E-state index contributed by atoms with van der Waals surface area (Å²) in [5, 5.41) is 9.25. The zero-order valence-electron chi connectivity index (χ0n) is 24.6. The summed E-state index contributed by atoms with van der Waals surface area (Å²) < 4.78 is -0.702. The summed E-state index contributed by atoms with van der Waals surface area (Å²) in [6.07, 6.45) is 7.03. The molecule has 3 fully saturated rings. The molecule has 6 atom stereocenters. The highest BCUT2D eigenvalue weighted by Gasteiger charge is 2.76. The number of carbonyl (C=O) groups is 3. The molecule has 0 radical (unpaired) electrons. The third kappa shape index (κ3) is 5.66. The number of anilines is 1. The lowest BCUT2D eigenvalue weighted by Gasteiger charge is -2.39. The van der Waals surface area contributed by atoms with Crippen molar-refractivity contribution in [1.82, 2.24) is 9.80 Å². The predicted molar refractivity (Wildman–Crippen MR) is 170 cm³/mol. The van der Waals surface area contributed by atoms with Crippen LogP contribution in [0.5, 0.6) is 0 Å². The highest BCUT2D eigenvalue weighted by Crippen LogP contribution is 2.68. The van der Waals surface area contributed by atoms with Crippen LogP contribution in [0.4, 0.5) is 5.69 Å². The van der Waals surface area contributed by atoms with Gasteiger partial charge in [-0.2, -0.15) is 0 Å². The molecule has 224 valence electrons. The van der Waals surface area contributed by atoms with Crippen LogP contribution >= 0.6 is 27.7 Å². The molecule has 41 heavy (non-hydrogen) atoms. The lowest BCUT2D eigenvalue weighted by atomic mass is 9.70. The van der Waals surface area contributed by atoms with Crippen LogP contribution in [0.15, 0.2) is 43.5 Å². The molecule has 3 saturated heterocycles. The van der Waals surface area contributed by atoms with E-state index in [4.69, 9.17) is 0 Å². The Balaban J connectivity index is 1.80. The third-order valence-corrected chi connectivity index (χ3v) is 12.0. The zero-order valence-corrected chi connectivity index (χ0v) is 27.0. The van der Waals surface area contributed by atoms with E-state index in [1.54, 1.807) is 33.7 Å². The monoisotopic (exact) mass is 645 g/mol. The van der Waals surface area contributed by atoms with Crippen molar-refractivity contribution >= 4 is 51.1 Å². The first kappa shape index (κ1) is 31.8. The molecular weight excluding hydrogens is 602 g/mol. The lowest BCUT2D eigenvalue weighted by Crippen LogP contribution is -2.56. The molecule has 7 nitrogen and oxygen atoms in total. The number of amides is 3. The Morgan fingerprint density at radius 2 is 1.83 bits per heavy atom. The van der Waals surface area contributed by atoms with E-state index in [0.29, 0.717) is 45.4 Å². The smallest absolute Gasteiger partial charge is 0.251 e. The molecule has 1 aromatic carbocycles. The number of nitrogens with zero attached hydrogens (tertiary/aromatic N) is 3. The first-order valence-corrected chi connectivity index (χ1v) is 16.6. The highest BCUT2D eigenvalue weighted by molar-refractivity contribution is 9.09. The summed E-state index contributed by atoms with van der Waals surface area (Å²) >= 11 is 5.56. The lowest BCUT2D eigenvalue weighted by molar-refractivity contribution is -0.143. The van der Waals surface area contributed by atoms with Crippen LogP contribution in [0, 0.1) is 25.7 Å². The number of rotatable bonds is 14. The molecule has 3 heterocycles. The van der Waals surface area contributed by atoms with E-state index < -0.39 is 22.6 Å². The van der Waals surface area contributed by atoms with Gasteiger partial charge in [-0.15, -0.1) is 24.9 Å². The maximum atomic E-state index is 14.8. The van der Waals surface area contributed by atoms with E-state index in [-0.39, 0.29) is 34.4 Å². The SMILES string of the molecule is C=CCN(CCC)C(=O)[C@H]1[C@H]2C(=O)N(CCCCCO)C(C(=O)N(CC=C)c3c(C)cccc3C)C23CC(Br)[C@@H]1S3. The van der Waals surface area contributed by atoms with Gasteiger partial charge in [-0.3, -0.25) is 14.4 Å². The molecule has 2 bridgehead atoms. The third-order valence-electron chi connectivity index (χ3n) is 8.81. The summed E-state index contributed by atoms with van der Waals surface area (Å²) in [7, 11) is 0. The van der Waals surface area contributed by atoms with E-state index in [0.717, 1.165) is 29.7 Å². The Labute approximate surface area is 257 Å². The normalized spacial score (nSPS) is 28.1. The molecular formula is C32H44BrN3O4S. The fourth-order valence-corrected chi connectivity index (χ4v) is 10.8. The Morgan fingerprint density at radius 1 is 1.15 bits per heavy atom. The number of alkyl halides is 1. The van der Waals surface area contributed by atoms with E-state index in [1.165, 1.54) is 0 Å². The molecule has 0 aliphatic carbocycles. The number of aryl methyl sites for hydroxylation is 2. The summed E-state index contributed by atoms with van der Waals surface area (Å²) in [6.45, 7) is 15.7. The minimum Gasteiger partial charge on any atom is -0.396 e. The van der Waals surface area contributed by atoms with Gasteiger partial charge in [0.05, 0.1) is 16.6 Å². The second-order valence-electron chi connectivity index (χ2n) is 11.5. The van der Waals surface area contributed by atoms with E-state index in [1.807, 2.05) is 43.9 Å². The van der Waals surface area contributed by atoms with E-state index >= 15 is 0 Å². The van der Waals surface area contributed by atoms with Crippen molar-refractivity contribution in [3.05, 3.63) is 54.6 Å². The minimum absolute atomic E-state index is 0.0142. The first-order chi connectivity index (χ1) is 19.7. The standard InChI is InChI=1S/C32H44BrN3O4S/c1-6-15-34(16-7-2)29(38)24-25-30(39)36(18-10-9-11-19-37)28(32(25)20-23(33)27(24)41-32)31(40)35(17-8-3)26-21(4)13-12-14-22(26)5/h6,8,12-14,23-25,27-28,37H,1,3,7,9-11,15-20H2,2,4-5H3/t23?,24-,25-,27-,28?,32?/m0/s1. The minimum atomic E-state index is -0.702. The van der Waals surface area contributed by atoms with Crippen LogP contribution in [-0.2, 0) is 14.4 Å². The molecule has 3 aliphatic heterocycles. The molecule has 1 N–H and O–H groups in total. The molecule has 3 amide bonds. The van der Waals surface area contributed by atoms with Crippen LogP contribution in [0.1, 0.15) is 50.2 Å².